The highest BCUT2D eigenvalue weighted by molar-refractivity contribution is 6.74. The van der Waals surface area contributed by atoms with E-state index >= 15 is 0 Å². The Morgan fingerprint density at radius 1 is 1.00 bits per heavy atom. The Balaban J connectivity index is 0.000000270. The van der Waals surface area contributed by atoms with Crippen molar-refractivity contribution in [3.8, 4) is 5.69 Å². The topological polar surface area (TPSA) is 167 Å². The monoisotopic (exact) mass is 480 g/mol. The van der Waals surface area contributed by atoms with Gasteiger partial charge in [0.15, 0.2) is 0 Å². The van der Waals surface area contributed by atoms with Gasteiger partial charge in [0, 0.05) is 37.9 Å². The molecule has 0 aliphatic rings. The Labute approximate surface area is 188 Å². The zero-order valence-corrected chi connectivity index (χ0v) is 19.4. The van der Waals surface area contributed by atoms with Crippen molar-refractivity contribution in [2.75, 3.05) is 0 Å². The van der Waals surface area contributed by atoms with Gasteiger partial charge in [-0.25, -0.2) is 9.89 Å². The highest BCUT2D eigenvalue weighted by atomic mass is 35.5. The number of benzene rings is 2. The van der Waals surface area contributed by atoms with Crippen LogP contribution in [0.2, 0.25) is 26.2 Å². The van der Waals surface area contributed by atoms with Gasteiger partial charge in [-0.05, 0) is 34.2 Å². The van der Waals surface area contributed by atoms with E-state index in [1.165, 1.54) is 42.5 Å². The first-order valence-corrected chi connectivity index (χ1v) is 13.4. The minimum absolute atomic E-state index is 0.109. The predicted octanol–water partition coefficient (Wildman–Crippen LogP) is 3.79. The van der Waals surface area contributed by atoms with Crippen molar-refractivity contribution in [3.05, 3.63) is 84.8 Å². The van der Waals surface area contributed by atoms with E-state index in [9.17, 15) is 29.8 Å². The van der Waals surface area contributed by atoms with Crippen LogP contribution in [0.25, 0.3) is 5.69 Å². The molecule has 3 rings (SSSR count). The summed E-state index contributed by atoms with van der Waals surface area (Å²) in [5.74, 6) is 0. The van der Waals surface area contributed by atoms with E-state index in [0.29, 0.717) is 5.69 Å². The Kier molecular flexibility index (Phi) is 9.56. The molecular formula is C18H21ClN6O6Si. The van der Waals surface area contributed by atoms with Crippen LogP contribution < -0.4 is 5.69 Å². The minimum Gasteiger partial charge on any atom is -0.276 e. The third-order valence-electron chi connectivity index (χ3n) is 3.04. The second-order valence-corrected chi connectivity index (χ2v) is 14.1. The summed E-state index contributed by atoms with van der Waals surface area (Å²) in [5.41, 5.74) is -0.367. The molecule has 0 aliphatic heterocycles. The first kappa shape index (κ1) is 26.3. The van der Waals surface area contributed by atoms with Crippen LogP contribution in [-0.4, -0.2) is 43.4 Å². The molecule has 1 heterocycles. The molecule has 0 radical (unpaired) electrons. The molecule has 1 N–H and O–H groups in total. The van der Waals surface area contributed by atoms with E-state index in [1.807, 2.05) is 0 Å². The number of nitrogens with zero attached hydrogens (tertiary/aromatic N) is 5. The number of carbonyl (C=O) groups is 1. The number of rotatable bonds is 4. The van der Waals surface area contributed by atoms with E-state index < -0.39 is 28.9 Å². The molecule has 14 heteroatoms. The summed E-state index contributed by atoms with van der Waals surface area (Å²) in [4.78, 5) is 41.3. The van der Waals surface area contributed by atoms with E-state index in [2.05, 4.69) is 41.7 Å². The van der Waals surface area contributed by atoms with Crippen molar-refractivity contribution < 1.29 is 14.6 Å². The molecule has 0 unspecified atom stereocenters. The third-order valence-corrected chi connectivity index (χ3v) is 3.26. The summed E-state index contributed by atoms with van der Waals surface area (Å²) < 4.78 is 0.938. The zero-order chi connectivity index (χ0) is 24.5. The fourth-order valence-electron chi connectivity index (χ4n) is 1.85. The second kappa shape index (κ2) is 11.6. The molecule has 12 nitrogen and oxygen atoms in total. The number of tetrazole rings is 1. The number of H-pyrrole nitrogens is 1. The van der Waals surface area contributed by atoms with Gasteiger partial charge in [-0.2, -0.15) is 4.68 Å². The van der Waals surface area contributed by atoms with E-state index in [-0.39, 0.29) is 16.9 Å². The number of aromatic amines is 1. The van der Waals surface area contributed by atoms with Crippen molar-refractivity contribution in [2.45, 2.75) is 26.2 Å². The van der Waals surface area contributed by atoms with Gasteiger partial charge in [-0.3, -0.25) is 25.0 Å². The first-order valence-electron chi connectivity index (χ1n) is 8.99. The second-order valence-electron chi connectivity index (χ2n) is 7.78. The molecule has 0 saturated heterocycles. The van der Waals surface area contributed by atoms with Crippen LogP contribution in [0.3, 0.4) is 0 Å². The lowest BCUT2D eigenvalue weighted by molar-refractivity contribution is -0.385. The van der Waals surface area contributed by atoms with E-state index in [0.717, 1.165) is 10.7 Å². The normalized spacial score (nSPS) is 10.2. The number of nitro groups is 2. The molecule has 0 saturated carbocycles. The molecule has 32 heavy (non-hydrogen) atoms. The van der Waals surface area contributed by atoms with Gasteiger partial charge >= 0.3 is 5.69 Å². The summed E-state index contributed by atoms with van der Waals surface area (Å²) in [7, 11) is -0.611. The number of aromatic nitrogens is 4. The van der Waals surface area contributed by atoms with Gasteiger partial charge in [-0.15, -0.1) is 0 Å². The molecule has 0 aliphatic carbocycles. The van der Waals surface area contributed by atoms with E-state index in [1.54, 1.807) is 0 Å². The van der Waals surface area contributed by atoms with Crippen LogP contribution in [0.1, 0.15) is 10.4 Å². The number of halogens is 1. The number of hydrogen-bond acceptors (Lipinski definition) is 8. The smallest absolute Gasteiger partial charge is 0.276 e. The fourth-order valence-corrected chi connectivity index (χ4v) is 1.96. The first-order chi connectivity index (χ1) is 14.8. The van der Waals surface area contributed by atoms with Crippen LogP contribution in [0.15, 0.2) is 53.3 Å². The largest absolute Gasteiger partial charge is 0.365 e. The van der Waals surface area contributed by atoms with Crippen molar-refractivity contribution >= 4 is 36.3 Å². The van der Waals surface area contributed by atoms with Crippen LogP contribution in [-0.2, 0) is 0 Å². The molecule has 3 aromatic rings. The highest BCUT2D eigenvalue weighted by Crippen LogP contribution is 2.15. The lowest BCUT2D eigenvalue weighted by atomic mass is 10.2. The lowest BCUT2D eigenvalue weighted by Crippen LogP contribution is -2.15. The predicted molar refractivity (Wildman–Crippen MR) is 121 cm³/mol. The molecule has 0 amide bonds. The van der Waals surface area contributed by atoms with Crippen LogP contribution in [0.5, 0.6) is 0 Å². The fraction of sp³-hybridized carbons (Fsp3) is 0.222. The Morgan fingerprint density at radius 2 is 1.50 bits per heavy atom. The van der Waals surface area contributed by atoms with Crippen LogP contribution in [0, 0.1) is 20.2 Å². The Morgan fingerprint density at radius 3 is 1.94 bits per heavy atom. The zero-order valence-electron chi connectivity index (χ0n) is 17.7. The maximum atomic E-state index is 11.1. The summed E-state index contributed by atoms with van der Waals surface area (Å²) >= 11 is 5.12. The maximum absolute atomic E-state index is 11.1. The van der Waals surface area contributed by atoms with Gasteiger partial charge in [0.05, 0.1) is 15.5 Å². The van der Waals surface area contributed by atoms with Gasteiger partial charge in [0.2, 0.25) is 0 Å². The van der Waals surface area contributed by atoms with Crippen molar-refractivity contribution in [1.82, 2.24) is 20.2 Å². The number of hydrogen-bond donors (Lipinski definition) is 1. The molecule has 170 valence electrons. The van der Waals surface area contributed by atoms with Gasteiger partial charge in [0.25, 0.3) is 16.6 Å². The van der Waals surface area contributed by atoms with Gasteiger partial charge in [-0.1, -0.05) is 38.3 Å². The van der Waals surface area contributed by atoms with Gasteiger partial charge in [0.1, 0.15) is 0 Å². The Bertz CT molecular complexity index is 1120. The summed E-state index contributed by atoms with van der Waals surface area (Å²) in [6.45, 7) is 9.31. The highest BCUT2D eigenvalue weighted by Gasteiger charge is 2.09. The standard InChI is InChI=1S/C7H4ClNO3.C7H5N5O3.C4H12Si/c8-7(10)5-2-1-3-6(4-5)9(11)12;13-7-8-9-10-11(7)5-2-1-3-6(4-5)12(14)15;1-5(2,3)4/h1-4H;1-4H,(H,8,10,13);1-4H3. The van der Waals surface area contributed by atoms with Crippen LogP contribution >= 0.6 is 11.6 Å². The van der Waals surface area contributed by atoms with Crippen LogP contribution in [0.4, 0.5) is 11.4 Å². The lowest BCUT2D eigenvalue weighted by Gasteiger charge is -2.01. The SMILES string of the molecule is C[Si](C)(C)C.O=C(Cl)c1cccc([N+](=O)[O-])c1.O=c1[nH]nnn1-c1cccc([N+](=O)[O-])c1. The third kappa shape index (κ3) is 9.40. The van der Waals surface area contributed by atoms with Gasteiger partial charge < -0.3 is 0 Å². The molecule has 2 aromatic carbocycles. The summed E-state index contributed by atoms with van der Waals surface area (Å²) in [5, 5.41) is 28.8. The van der Waals surface area contributed by atoms with Crippen molar-refractivity contribution in [1.29, 1.82) is 0 Å². The minimum atomic E-state index is -0.696. The Hall–Kier alpha value is -3.71. The molecule has 0 bridgehead atoms. The molecule has 1 aromatic heterocycles. The molecule has 0 fully saturated rings. The quantitative estimate of drug-likeness (QED) is 0.254. The average molecular weight is 481 g/mol. The number of nitro benzene ring substituents is 2. The van der Waals surface area contributed by atoms with Crippen molar-refractivity contribution in [3.63, 3.8) is 0 Å². The molecule has 0 spiro atoms. The average Bonchev–Trinajstić information content (AvgIpc) is 3.13. The number of nitrogens with one attached hydrogen (secondary N) is 1. The summed E-state index contributed by atoms with van der Waals surface area (Å²) in [6, 6.07) is 10.8. The number of non-ortho nitro benzene ring substituents is 2. The molecular weight excluding hydrogens is 460 g/mol. The van der Waals surface area contributed by atoms with Crippen molar-refractivity contribution in [2.24, 2.45) is 0 Å². The maximum Gasteiger partial charge on any atom is 0.365 e. The number of carbonyl (C=O) groups excluding carboxylic acids is 1. The molecule has 0 atom stereocenters. The summed E-state index contributed by atoms with van der Waals surface area (Å²) in [6.07, 6.45) is 0. The van der Waals surface area contributed by atoms with E-state index in [4.69, 9.17) is 11.6 Å².